The standard InChI is InChI=1S/C31H36O4/c1-4-7-16-25-22-26(15-6-3)28(34-30(32)23-17-11-9-12-18-23)29(27(25)21-8-5-2)35-31(33)24-19-13-10-14-20-24/h9-14,17-20,22H,4-8,15-16,21H2,1-3H3. The molecule has 0 aliphatic rings. The molecule has 0 unspecified atom stereocenters. The smallest absolute Gasteiger partial charge is 0.343 e. The molecule has 0 amide bonds. The highest BCUT2D eigenvalue weighted by molar-refractivity contribution is 5.93. The van der Waals surface area contributed by atoms with Crippen molar-refractivity contribution < 1.29 is 19.1 Å². The van der Waals surface area contributed by atoms with Gasteiger partial charge in [-0.2, -0.15) is 0 Å². The van der Waals surface area contributed by atoms with Gasteiger partial charge in [0.1, 0.15) is 0 Å². The van der Waals surface area contributed by atoms with Gasteiger partial charge >= 0.3 is 11.9 Å². The van der Waals surface area contributed by atoms with Crippen LogP contribution in [0.5, 0.6) is 11.5 Å². The van der Waals surface area contributed by atoms with Gasteiger partial charge in [-0.25, -0.2) is 9.59 Å². The molecule has 184 valence electrons. The van der Waals surface area contributed by atoms with E-state index >= 15 is 0 Å². The normalized spacial score (nSPS) is 10.7. The fourth-order valence-electron chi connectivity index (χ4n) is 4.14. The highest BCUT2D eigenvalue weighted by Crippen LogP contribution is 2.41. The van der Waals surface area contributed by atoms with Gasteiger partial charge in [-0.15, -0.1) is 0 Å². The van der Waals surface area contributed by atoms with Crippen LogP contribution >= 0.6 is 0 Å². The molecule has 0 radical (unpaired) electrons. The van der Waals surface area contributed by atoms with Gasteiger partial charge in [0.05, 0.1) is 11.1 Å². The van der Waals surface area contributed by atoms with Gasteiger partial charge in [0.15, 0.2) is 11.5 Å². The van der Waals surface area contributed by atoms with Gasteiger partial charge in [0, 0.05) is 5.56 Å². The van der Waals surface area contributed by atoms with Gasteiger partial charge in [-0.05, 0) is 67.5 Å². The first-order valence-corrected chi connectivity index (χ1v) is 12.8. The zero-order valence-electron chi connectivity index (χ0n) is 21.1. The van der Waals surface area contributed by atoms with Crippen molar-refractivity contribution in [3.8, 4) is 11.5 Å². The fraction of sp³-hybridized carbons (Fsp3) is 0.355. The van der Waals surface area contributed by atoms with Crippen molar-refractivity contribution in [2.24, 2.45) is 0 Å². The Morgan fingerprint density at radius 1 is 0.600 bits per heavy atom. The summed E-state index contributed by atoms with van der Waals surface area (Å²) in [5.74, 6) is -0.136. The predicted octanol–water partition coefficient (Wildman–Crippen LogP) is 7.76. The van der Waals surface area contributed by atoms with Crippen LogP contribution in [0.4, 0.5) is 0 Å². The SMILES string of the molecule is CCCCc1cc(CCC)c(OC(=O)c2ccccc2)c(OC(=O)c2ccccc2)c1CCCC. The topological polar surface area (TPSA) is 52.6 Å². The second kappa shape index (κ2) is 13.5. The van der Waals surface area contributed by atoms with Crippen molar-refractivity contribution in [2.75, 3.05) is 0 Å². The minimum atomic E-state index is -0.456. The van der Waals surface area contributed by atoms with Gasteiger partial charge in [0.2, 0.25) is 0 Å². The van der Waals surface area contributed by atoms with E-state index in [0.29, 0.717) is 22.6 Å². The lowest BCUT2D eigenvalue weighted by Crippen LogP contribution is -2.16. The Balaban J connectivity index is 2.15. The Bertz CT molecular complexity index is 1100. The van der Waals surface area contributed by atoms with Crippen LogP contribution in [0.15, 0.2) is 66.7 Å². The summed E-state index contributed by atoms with van der Waals surface area (Å²) in [6.45, 7) is 6.41. The summed E-state index contributed by atoms with van der Waals surface area (Å²) >= 11 is 0. The molecular formula is C31H36O4. The van der Waals surface area contributed by atoms with E-state index in [1.54, 1.807) is 36.4 Å². The Kier molecular flexibility index (Phi) is 10.1. The molecule has 0 N–H and O–H groups in total. The summed E-state index contributed by atoms with van der Waals surface area (Å²) in [7, 11) is 0. The number of esters is 2. The van der Waals surface area contributed by atoms with Crippen LogP contribution in [0, 0.1) is 0 Å². The number of rotatable bonds is 12. The number of aryl methyl sites for hydroxylation is 2. The molecule has 0 aliphatic heterocycles. The summed E-state index contributed by atoms with van der Waals surface area (Å²) in [5.41, 5.74) is 3.98. The monoisotopic (exact) mass is 472 g/mol. The molecular weight excluding hydrogens is 436 g/mol. The van der Waals surface area contributed by atoms with Crippen molar-refractivity contribution >= 4 is 11.9 Å². The van der Waals surface area contributed by atoms with E-state index in [1.807, 2.05) is 24.3 Å². The van der Waals surface area contributed by atoms with Crippen LogP contribution in [-0.4, -0.2) is 11.9 Å². The molecule has 0 saturated heterocycles. The summed E-state index contributed by atoms with van der Waals surface area (Å²) in [6, 6.07) is 20.0. The maximum absolute atomic E-state index is 13.2. The summed E-state index contributed by atoms with van der Waals surface area (Å²) in [6.07, 6.45) is 7.33. The first kappa shape index (κ1) is 26.2. The molecule has 0 heterocycles. The van der Waals surface area contributed by atoms with E-state index in [-0.39, 0.29) is 0 Å². The average Bonchev–Trinajstić information content (AvgIpc) is 2.89. The average molecular weight is 473 g/mol. The minimum absolute atomic E-state index is 0.372. The Hall–Kier alpha value is -3.40. The van der Waals surface area contributed by atoms with E-state index < -0.39 is 11.9 Å². The van der Waals surface area contributed by atoms with E-state index in [9.17, 15) is 9.59 Å². The number of carbonyl (C=O) groups excluding carboxylic acids is 2. The highest BCUT2D eigenvalue weighted by Gasteiger charge is 2.25. The molecule has 3 rings (SSSR count). The molecule has 3 aromatic carbocycles. The summed E-state index contributed by atoms with van der Waals surface area (Å²) in [4.78, 5) is 26.3. The number of hydrogen-bond donors (Lipinski definition) is 0. The predicted molar refractivity (Wildman–Crippen MR) is 140 cm³/mol. The number of benzene rings is 3. The van der Waals surface area contributed by atoms with Crippen LogP contribution in [0.1, 0.15) is 90.3 Å². The number of unbranched alkanes of at least 4 members (excludes halogenated alkanes) is 2. The van der Waals surface area contributed by atoms with Crippen LogP contribution in [0.2, 0.25) is 0 Å². The quantitative estimate of drug-likeness (QED) is 0.200. The lowest BCUT2D eigenvalue weighted by molar-refractivity contribution is 0.0679. The molecule has 4 nitrogen and oxygen atoms in total. The third-order valence-corrected chi connectivity index (χ3v) is 6.02. The van der Waals surface area contributed by atoms with Crippen LogP contribution < -0.4 is 9.47 Å². The second-order valence-electron chi connectivity index (χ2n) is 8.80. The highest BCUT2D eigenvalue weighted by atomic mass is 16.6. The first-order valence-electron chi connectivity index (χ1n) is 12.8. The third kappa shape index (κ3) is 7.05. The molecule has 0 atom stereocenters. The number of hydrogen-bond acceptors (Lipinski definition) is 4. The maximum Gasteiger partial charge on any atom is 0.343 e. The van der Waals surface area contributed by atoms with E-state index in [1.165, 1.54) is 5.56 Å². The second-order valence-corrected chi connectivity index (χ2v) is 8.80. The lowest BCUT2D eigenvalue weighted by atomic mass is 9.92. The zero-order chi connectivity index (χ0) is 25.0. The molecule has 0 spiro atoms. The van der Waals surface area contributed by atoms with Gasteiger partial charge in [0.25, 0.3) is 0 Å². The maximum atomic E-state index is 13.2. The molecule has 0 bridgehead atoms. The van der Waals surface area contributed by atoms with Crippen LogP contribution in [-0.2, 0) is 19.3 Å². The van der Waals surface area contributed by atoms with Crippen molar-refractivity contribution in [1.29, 1.82) is 0 Å². The molecule has 0 aliphatic carbocycles. The molecule has 0 aromatic heterocycles. The van der Waals surface area contributed by atoms with Gasteiger partial charge < -0.3 is 9.47 Å². The summed E-state index contributed by atoms with van der Waals surface area (Å²) in [5, 5.41) is 0. The van der Waals surface area contributed by atoms with Crippen LogP contribution in [0.3, 0.4) is 0 Å². The van der Waals surface area contributed by atoms with E-state index in [2.05, 4.69) is 26.8 Å². The molecule has 0 saturated carbocycles. The van der Waals surface area contributed by atoms with Crippen molar-refractivity contribution in [2.45, 2.75) is 72.1 Å². The van der Waals surface area contributed by atoms with Crippen molar-refractivity contribution in [1.82, 2.24) is 0 Å². The summed E-state index contributed by atoms with van der Waals surface area (Å²) < 4.78 is 12.1. The zero-order valence-corrected chi connectivity index (χ0v) is 21.1. The molecule has 0 fully saturated rings. The fourth-order valence-corrected chi connectivity index (χ4v) is 4.14. The molecule has 3 aromatic rings. The number of carbonyl (C=O) groups is 2. The largest absolute Gasteiger partial charge is 0.419 e. The lowest BCUT2D eigenvalue weighted by Gasteiger charge is -2.21. The van der Waals surface area contributed by atoms with Gasteiger partial charge in [-0.1, -0.05) is 82.5 Å². The molecule has 4 heteroatoms. The Morgan fingerprint density at radius 2 is 1.11 bits per heavy atom. The Morgan fingerprint density at radius 3 is 1.63 bits per heavy atom. The minimum Gasteiger partial charge on any atom is -0.419 e. The van der Waals surface area contributed by atoms with Gasteiger partial charge in [-0.3, -0.25) is 0 Å². The Labute approximate surface area is 209 Å². The van der Waals surface area contributed by atoms with E-state index in [4.69, 9.17) is 9.47 Å². The molecule has 35 heavy (non-hydrogen) atoms. The number of ether oxygens (including phenoxy) is 2. The first-order chi connectivity index (χ1) is 17.1. The van der Waals surface area contributed by atoms with E-state index in [0.717, 1.165) is 62.5 Å². The van der Waals surface area contributed by atoms with Crippen molar-refractivity contribution in [3.63, 3.8) is 0 Å². The van der Waals surface area contributed by atoms with Crippen LogP contribution in [0.25, 0.3) is 0 Å². The third-order valence-electron chi connectivity index (χ3n) is 6.02. The van der Waals surface area contributed by atoms with Crippen molar-refractivity contribution in [3.05, 3.63) is 94.5 Å².